The highest BCUT2D eigenvalue weighted by atomic mass is 16.7. The fraction of sp³-hybridized carbons (Fsp3) is 0.700. The van der Waals surface area contributed by atoms with Gasteiger partial charge in [-0.2, -0.15) is 0 Å². The lowest BCUT2D eigenvalue weighted by molar-refractivity contribution is -0.118. The van der Waals surface area contributed by atoms with Crippen molar-refractivity contribution in [3.63, 3.8) is 0 Å². The number of rotatable bonds is 2. The molecule has 1 aliphatic rings. The van der Waals surface area contributed by atoms with Gasteiger partial charge in [0.15, 0.2) is 5.78 Å². The third-order valence-electron chi connectivity index (χ3n) is 2.03. The van der Waals surface area contributed by atoms with Crippen molar-refractivity contribution in [3.8, 4) is 0 Å². The Morgan fingerprint density at radius 2 is 2.15 bits per heavy atom. The molecule has 0 N–H and O–H groups in total. The predicted molar refractivity (Wildman–Crippen MR) is 49.1 cm³/mol. The Morgan fingerprint density at radius 1 is 1.54 bits per heavy atom. The molecule has 1 fully saturated rings. The van der Waals surface area contributed by atoms with Crippen molar-refractivity contribution in [2.24, 2.45) is 0 Å². The second kappa shape index (κ2) is 3.50. The molecule has 1 aliphatic heterocycles. The van der Waals surface area contributed by atoms with Crippen LogP contribution in [0.15, 0.2) is 11.3 Å². The molecule has 1 saturated heterocycles. The van der Waals surface area contributed by atoms with Crippen molar-refractivity contribution < 1.29 is 14.3 Å². The second-order valence-electron chi connectivity index (χ2n) is 3.60. The van der Waals surface area contributed by atoms with E-state index in [0.29, 0.717) is 18.8 Å². The van der Waals surface area contributed by atoms with Crippen LogP contribution in [0, 0.1) is 0 Å². The van der Waals surface area contributed by atoms with Gasteiger partial charge in [-0.1, -0.05) is 6.92 Å². The minimum atomic E-state index is -0.578. The maximum absolute atomic E-state index is 11.2. The third kappa shape index (κ3) is 2.31. The second-order valence-corrected chi connectivity index (χ2v) is 3.60. The van der Waals surface area contributed by atoms with Crippen molar-refractivity contribution in [2.75, 3.05) is 6.61 Å². The highest BCUT2D eigenvalue weighted by Gasteiger charge is 2.31. The first-order chi connectivity index (χ1) is 5.96. The van der Waals surface area contributed by atoms with Gasteiger partial charge >= 0.3 is 0 Å². The summed E-state index contributed by atoms with van der Waals surface area (Å²) in [5.74, 6) is 0.185. The van der Waals surface area contributed by atoms with Crippen molar-refractivity contribution in [2.45, 2.75) is 39.9 Å². The van der Waals surface area contributed by atoms with Crippen molar-refractivity contribution in [1.82, 2.24) is 0 Å². The van der Waals surface area contributed by atoms with Gasteiger partial charge in [-0.3, -0.25) is 4.79 Å². The Labute approximate surface area is 78.7 Å². The topological polar surface area (TPSA) is 35.5 Å². The minimum absolute atomic E-state index is 0.0683. The van der Waals surface area contributed by atoms with E-state index in [2.05, 4.69) is 0 Å². The minimum Gasteiger partial charge on any atom is -0.464 e. The molecule has 0 bridgehead atoms. The highest BCUT2D eigenvalue weighted by molar-refractivity contribution is 5.93. The van der Waals surface area contributed by atoms with E-state index >= 15 is 0 Å². The smallest absolute Gasteiger partial charge is 0.204 e. The number of ether oxygens (including phenoxy) is 2. The van der Waals surface area contributed by atoms with E-state index in [4.69, 9.17) is 9.47 Å². The van der Waals surface area contributed by atoms with Gasteiger partial charge in [0.25, 0.3) is 0 Å². The molecule has 0 aliphatic carbocycles. The molecule has 0 amide bonds. The summed E-state index contributed by atoms with van der Waals surface area (Å²) < 4.78 is 10.9. The lowest BCUT2D eigenvalue weighted by Crippen LogP contribution is -2.19. The van der Waals surface area contributed by atoms with Gasteiger partial charge in [0.05, 0.1) is 0 Å². The molecule has 0 spiro atoms. The van der Waals surface area contributed by atoms with E-state index in [1.807, 2.05) is 20.8 Å². The van der Waals surface area contributed by atoms with E-state index in [9.17, 15) is 4.79 Å². The standard InChI is InChI=1S/C10H16O3/c1-5-8(7(2)11)9-6-12-10(3,4)13-9/h5-6H2,1-4H3. The van der Waals surface area contributed by atoms with Crippen LogP contribution in [0.3, 0.4) is 0 Å². The van der Waals surface area contributed by atoms with Gasteiger partial charge in [0.2, 0.25) is 5.79 Å². The fourth-order valence-electron chi connectivity index (χ4n) is 1.39. The van der Waals surface area contributed by atoms with E-state index in [1.165, 1.54) is 0 Å². The average molecular weight is 184 g/mol. The summed E-state index contributed by atoms with van der Waals surface area (Å²) in [5, 5.41) is 0. The van der Waals surface area contributed by atoms with E-state index < -0.39 is 5.79 Å². The molecule has 0 unspecified atom stereocenters. The van der Waals surface area contributed by atoms with Gasteiger partial charge in [0.1, 0.15) is 12.4 Å². The first-order valence-electron chi connectivity index (χ1n) is 4.52. The molecular formula is C10H16O3. The van der Waals surface area contributed by atoms with Crippen LogP contribution in [-0.4, -0.2) is 18.2 Å². The molecule has 3 heteroatoms. The number of carbonyl (C=O) groups is 1. The first-order valence-corrected chi connectivity index (χ1v) is 4.52. The Bertz CT molecular complexity index is 251. The zero-order valence-corrected chi connectivity index (χ0v) is 8.64. The van der Waals surface area contributed by atoms with Crippen LogP contribution in [0.4, 0.5) is 0 Å². The largest absolute Gasteiger partial charge is 0.464 e. The first kappa shape index (κ1) is 10.3. The number of allylic oxidation sites excluding steroid dienone is 1. The van der Waals surface area contributed by atoms with Crippen molar-refractivity contribution in [3.05, 3.63) is 11.3 Å². The van der Waals surface area contributed by atoms with Gasteiger partial charge in [-0.15, -0.1) is 0 Å². The van der Waals surface area contributed by atoms with Gasteiger partial charge in [0, 0.05) is 19.4 Å². The van der Waals surface area contributed by atoms with Crippen LogP contribution in [0.25, 0.3) is 0 Å². The van der Waals surface area contributed by atoms with E-state index in [1.54, 1.807) is 6.92 Å². The molecule has 13 heavy (non-hydrogen) atoms. The summed E-state index contributed by atoms with van der Waals surface area (Å²) in [6, 6.07) is 0. The van der Waals surface area contributed by atoms with Crippen LogP contribution in [0.2, 0.25) is 0 Å². The summed E-state index contributed by atoms with van der Waals surface area (Å²) in [6.45, 7) is 7.59. The Hall–Kier alpha value is -0.830. The Kier molecular flexibility index (Phi) is 2.76. The number of carbonyl (C=O) groups excluding carboxylic acids is 1. The molecule has 0 saturated carbocycles. The maximum Gasteiger partial charge on any atom is 0.204 e. The normalized spacial score (nSPS) is 24.0. The highest BCUT2D eigenvalue weighted by Crippen LogP contribution is 2.28. The van der Waals surface area contributed by atoms with Crippen LogP contribution >= 0.6 is 0 Å². The number of Topliss-reactive ketones (excluding diaryl/α,β-unsaturated/α-hetero) is 1. The molecule has 0 aromatic rings. The average Bonchev–Trinajstić information content (AvgIpc) is 2.31. The SMILES string of the molecule is CCC(C(C)=O)=C1COC(C)(C)O1. The molecule has 3 nitrogen and oxygen atoms in total. The van der Waals surface area contributed by atoms with Crippen LogP contribution in [0.5, 0.6) is 0 Å². The van der Waals surface area contributed by atoms with Crippen molar-refractivity contribution >= 4 is 5.78 Å². The fourth-order valence-corrected chi connectivity index (χ4v) is 1.39. The number of ketones is 1. The zero-order chi connectivity index (χ0) is 10.1. The maximum atomic E-state index is 11.2. The summed E-state index contributed by atoms with van der Waals surface area (Å²) in [5.41, 5.74) is 0.741. The summed E-state index contributed by atoms with van der Waals surface area (Å²) in [6.07, 6.45) is 0.699. The predicted octanol–water partition coefficient (Wildman–Crippen LogP) is 2.02. The molecular weight excluding hydrogens is 168 g/mol. The van der Waals surface area contributed by atoms with Crippen LogP contribution < -0.4 is 0 Å². The van der Waals surface area contributed by atoms with Crippen molar-refractivity contribution in [1.29, 1.82) is 0 Å². The summed E-state index contributed by atoms with van der Waals surface area (Å²) >= 11 is 0. The lowest BCUT2D eigenvalue weighted by Gasteiger charge is -2.16. The van der Waals surface area contributed by atoms with E-state index in [0.717, 1.165) is 5.57 Å². The molecule has 0 radical (unpaired) electrons. The molecule has 1 heterocycles. The Morgan fingerprint density at radius 3 is 2.46 bits per heavy atom. The van der Waals surface area contributed by atoms with E-state index in [-0.39, 0.29) is 5.78 Å². The molecule has 1 rings (SSSR count). The third-order valence-corrected chi connectivity index (χ3v) is 2.03. The molecule has 0 atom stereocenters. The van der Waals surface area contributed by atoms with Crippen LogP contribution in [-0.2, 0) is 14.3 Å². The van der Waals surface area contributed by atoms with Gasteiger partial charge < -0.3 is 9.47 Å². The summed E-state index contributed by atoms with van der Waals surface area (Å²) in [4.78, 5) is 11.2. The molecule has 74 valence electrons. The quantitative estimate of drug-likeness (QED) is 0.616. The zero-order valence-electron chi connectivity index (χ0n) is 8.64. The summed E-state index contributed by atoms with van der Waals surface area (Å²) in [7, 11) is 0. The molecule has 0 aromatic heterocycles. The Balaban J connectivity index is 2.87. The monoisotopic (exact) mass is 184 g/mol. The molecule has 0 aromatic carbocycles. The lowest BCUT2D eigenvalue weighted by atomic mass is 10.1. The number of hydrogen-bond donors (Lipinski definition) is 0. The number of hydrogen-bond acceptors (Lipinski definition) is 3. The van der Waals surface area contributed by atoms with Gasteiger partial charge in [-0.25, -0.2) is 0 Å². The van der Waals surface area contributed by atoms with Gasteiger partial charge in [-0.05, 0) is 13.3 Å². The van der Waals surface area contributed by atoms with Crippen LogP contribution in [0.1, 0.15) is 34.1 Å².